The van der Waals surface area contributed by atoms with Gasteiger partial charge in [-0.25, -0.2) is 0 Å². The molecule has 0 spiro atoms. The largest absolute Gasteiger partial charge is 0.327 e. The number of aromatic nitrogens is 1. The zero-order valence-electron chi connectivity index (χ0n) is 15.5. The molecule has 5 heteroatoms. The maximum atomic E-state index is 13.3. The average molecular weight is 381 g/mol. The first-order valence-corrected chi connectivity index (χ1v) is 10.6. The first-order chi connectivity index (χ1) is 13.2. The summed E-state index contributed by atoms with van der Waals surface area (Å²) in [5.41, 5.74) is 1.45. The number of amides is 1. The van der Waals surface area contributed by atoms with Crippen molar-refractivity contribution in [3.63, 3.8) is 0 Å². The van der Waals surface area contributed by atoms with Gasteiger partial charge in [0.2, 0.25) is 5.91 Å². The zero-order chi connectivity index (χ0) is 18.8. The first kappa shape index (κ1) is 18.0. The van der Waals surface area contributed by atoms with Gasteiger partial charge in [-0.15, -0.1) is 11.3 Å². The summed E-state index contributed by atoms with van der Waals surface area (Å²) in [6, 6.07) is 11.5. The summed E-state index contributed by atoms with van der Waals surface area (Å²) in [6.07, 6.45) is 5.29. The van der Waals surface area contributed by atoms with Crippen LogP contribution in [0.25, 0.3) is 21.3 Å². The molecule has 0 saturated heterocycles. The van der Waals surface area contributed by atoms with Crippen molar-refractivity contribution in [3.05, 3.63) is 52.0 Å². The predicted octanol–water partition coefficient (Wildman–Crippen LogP) is 5.27. The Morgan fingerprint density at radius 2 is 1.93 bits per heavy atom. The van der Waals surface area contributed by atoms with Crippen LogP contribution in [0, 0.1) is 5.92 Å². The minimum atomic E-state index is -0.0169. The Hall–Kier alpha value is -2.40. The van der Waals surface area contributed by atoms with Gasteiger partial charge in [0.15, 0.2) is 5.43 Å². The minimum Gasteiger partial charge on any atom is -0.327 e. The Balaban J connectivity index is 1.90. The van der Waals surface area contributed by atoms with Gasteiger partial charge in [-0.3, -0.25) is 9.59 Å². The molecular weight excluding hydrogens is 356 g/mol. The van der Waals surface area contributed by atoms with E-state index in [4.69, 9.17) is 0 Å². The van der Waals surface area contributed by atoms with Gasteiger partial charge in [0.25, 0.3) is 0 Å². The molecule has 1 aliphatic carbocycles. The average Bonchev–Trinajstić information content (AvgIpc) is 3.23. The molecule has 140 valence electrons. The highest BCUT2D eigenvalue weighted by Gasteiger charge is 2.25. The lowest BCUT2D eigenvalue weighted by atomic mass is 9.88. The molecule has 1 aliphatic rings. The number of carbonyl (C=O) groups is 1. The molecule has 0 radical (unpaired) electrons. The number of rotatable bonds is 4. The molecule has 2 aromatic heterocycles. The predicted molar refractivity (Wildman–Crippen MR) is 112 cm³/mol. The molecule has 1 fully saturated rings. The van der Waals surface area contributed by atoms with E-state index in [-0.39, 0.29) is 17.3 Å². The van der Waals surface area contributed by atoms with E-state index in [2.05, 4.69) is 9.88 Å². The maximum absolute atomic E-state index is 13.3. The summed E-state index contributed by atoms with van der Waals surface area (Å²) in [4.78, 5) is 27.2. The number of carbonyl (C=O) groups excluding carboxylic acids is 1. The van der Waals surface area contributed by atoms with Gasteiger partial charge < -0.3 is 9.88 Å². The number of pyridine rings is 1. The molecule has 0 bridgehead atoms. The highest BCUT2D eigenvalue weighted by Crippen LogP contribution is 2.33. The molecular formula is C22H24N2O2S. The van der Waals surface area contributed by atoms with Gasteiger partial charge in [-0.05, 0) is 43.3 Å². The van der Waals surface area contributed by atoms with Crippen molar-refractivity contribution in [2.45, 2.75) is 45.6 Å². The SMILES string of the molecule is CCn1c(NC(=O)C2CCCCC2)c(-c2cccs2)c(=O)c2ccccc21. The molecule has 1 N–H and O–H groups in total. The molecule has 0 atom stereocenters. The van der Waals surface area contributed by atoms with Gasteiger partial charge in [-0.1, -0.05) is 37.5 Å². The lowest BCUT2D eigenvalue weighted by Gasteiger charge is -2.24. The van der Waals surface area contributed by atoms with E-state index in [1.54, 1.807) is 0 Å². The summed E-state index contributed by atoms with van der Waals surface area (Å²) in [7, 11) is 0. The van der Waals surface area contributed by atoms with Crippen molar-refractivity contribution >= 4 is 34.0 Å². The first-order valence-electron chi connectivity index (χ1n) is 9.71. The molecule has 4 rings (SSSR count). The number of para-hydroxylation sites is 1. The van der Waals surface area contributed by atoms with E-state index in [0.29, 0.717) is 23.3 Å². The Morgan fingerprint density at radius 1 is 1.15 bits per heavy atom. The van der Waals surface area contributed by atoms with Crippen LogP contribution in [0.1, 0.15) is 39.0 Å². The van der Waals surface area contributed by atoms with Gasteiger partial charge in [-0.2, -0.15) is 0 Å². The van der Waals surface area contributed by atoms with E-state index in [0.717, 1.165) is 36.1 Å². The Kier molecular flexibility index (Phi) is 5.12. The second kappa shape index (κ2) is 7.69. The fraction of sp³-hybridized carbons (Fsp3) is 0.364. The number of fused-ring (bicyclic) bond motifs is 1. The van der Waals surface area contributed by atoms with Crippen LogP contribution < -0.4 is 10.7 Å². The van der Waals surface area contributed by atoms with Crippen LogP contribution in [0.5, 0.6) is 0 Å². The molecule has 2 heterocycles. The number of hydrogen-bond acceptors (Lipinski definition) is 3. The number of thiophene rings is 1. The van der Waals surface area contributed by atoms with Crippen LogP contribution in [0.15, 0.2) is 46.6 Å². The molecule has 1 saturated carbocycles. The van der Waals surface area contributed by atoms with Crippen molar-refractivity contribution in [2.75, 3.05) is 5.32 Å². The summed E-state index contributed by atoms with van der Waals surface area (Å²) >= 11 is 1.53. The topological polar surface area (TPSA) is 51.1 Å². The minimum absolute atomic E-state index is 0.0169. The molecule has 1 amide bonds. The molecule has 4 nitrogen and oxygen atoms in total. The van der Waals surface area contributed by atoms with Crippen molar-refractivity contribution in [1.29, 1.82) is 0 Å². The van der Waals surface area contributed by atoms with Crippen LogP contribution >= 0.6 is 11.3 Å². The van der Waals surface area contributed by atoms with Crippen LogP contribution in [0.2, 0.25) is 0 Å². The smallest absolute Gasteiger partial charge is 0.228 e. The normalized spacial score (nSPS) is 15.1. The fourth-order valence-corrected chi connectivity index (χ4v) is 4.86. The quantitative estimate of drug-likeness (QED) is 0.670. The standard InChI is InChI=1S/C22H24N2O2S/c1-2-24-17-12-7-6-11-16(17)20(25)19(18-13-8-14-27-18)21(24)23-22(26)15-9-4-3-5-10-15/h6-8,11-15H,2-5,9-10H2,1H3,(H,23,26). The Bertz CT molecular complexity index is 1010. The number of anilines is 1. The van der Waals surface area contributed by atoms with Crippen molar-refractivity contribution in [3.8, 4) is 10.4 Å². The van der Waals surface area contributed by atoms with E-state index < -0.39 is 0 Å². The lowest BCUT2D eigenvalue weighted by Crippen LogP contribution is -2.28. The van der Waals surface area contributed by atoms with E-state index in [9.17, 15) is 9.59 Å². The summed E-state index contributed by atoms with van der Waals surface area (Å²) in [5, 5.41) is 5.81. The number of benzene rings is 1. The van der Waals surface area contributed by atoms with Crippen LogP contribution in [0.4, 0.5) is 5.82 Å². The second-order valence-corrected chi connectivity index (χ2v) is 8.06. The highest BCUT2D eigenvalue weighted by molar-refractivity contribution is 7.13. The Morgan fingerprint density at radius 3 is 2.63 bits per heavy atom. The lowest BCUT2D eigenvalue weighted by molar-refractivity contribution is -0.120. The third kappa shape index (κ3) is 3.32. The number of aryl methyl sites for hydroxylation is 1. The second-order valence-electron chi connectivity index (χ2n) is 7.12. The van der Waals surface area contributed by atoms with E-state index in [1.165, 1.54) is 17.8 Å². The van der Waals surface area contributed by atoms with Gasteiger partial charge >= 0.3 is 0 Å². The fourth-order valence-electron chi connectivity index (χ4n) is 4.09. The molecule has 3 aromatic rings. The van der Waals surface area contributed by atoms with Crippen LogP contribution in [0.3, 0.4) is 0 Å². The maximum Gasteiger partial charge on any atom is 0.228 e. The van der Waals surface area contributed by atoms with Crippen LogP contribution in [-0.4, -0.2) is 10.5 Å². The van der Waals surface area contributed by atoms with Crippen molar-refractivity contribution in [2.24, 2.45) is 5.92 Å². The van der Waals surface area contributed by atoms with Gasteiger partial charge in [0, 0.05) is 22.7 Å². The Labute approximate surface area is 162 Å². The summed E-state index contributed by atoms with van der Waals surface area (Å²) in [6.45, 7) is 2.73. The summed E-state index contributed by atoms with van der Waals surface area (Å²) < 4.78 is 2.06. The highest BCUT2D eigenvalue weighted by atomic mass is 32.1. The monoisotopic (exact) mass is 380 g/mol. The van der Waals surface area contributed by atoms with E-state index in [1.807, 2.05) is 48.7 Å². The molecule has 0 aliphatic heterocycles. The molecule has 0 unspecified atom stereocenters. The number of nitrogens with one attached hydrogen (secondary N) is 1. The van der Waals surface area contributed by atoms with Crippen molar-refractivity contribution in [1.82, 2.24) is 4.57 Å². The van der Waals surface area contributed by atoms with Gasteiger partial charge in [0.1, 0.15) is 5.82 Å². The summed E-state index contributed by atoms with van der Waals surface area (Å²) in [5.74, 6) is 0.727. The number of nitrogens with zero attached hydrogens (tertiary/aromatic N) is 1. The van der Waals surface area contributed by atoms with Crippen LogP contribution in [-0.2, 0) is 11.3 Å². The third-order valence-electron chi connectivity index (χ3n) is 5.47. The molecule has 27 heavy (non-hydrogen) atoms. The zero-order valence-corrected chi connectivity index (χ0v) is 16.3. The molecule has 1 aromatic carbocycles. The number of hydrogen-bond donors (Lipinski definition) is 1. The van der Waals surface area contributed by atoms with Crippen molar-refractivity contribution < 1.29 is 4.79 Å². The third-order valence-corrected chi connectivity index (χ3v) is 6.36. The van der Waals surface area contributed by atoms with E-state index >= 15 is 0 Å². The van der Waals surface area contributed by atoms with Gasteiger partial charge in [0.05, 0.1) is 11.1 Å².